The van der Waals surface area contributed by atoms with Crippen LogP contribution < -0.4 is 10.1 Å². The summed E-state index contributed by atoms with van der Waals surface area (Å²) >= 11 is 11.5. The van der Waals surface area contributed by atoms with E-state index in [1.807, 2.05) is 6.07 Å². The van der Waals surface area contributed by atoms with Crippen LogP contribution in [-0.2, 0) is 0 Å². The van der Waals surface area contributed by atoms with Gasteiger partial charge in [0.1, 0.15) is 5.02 Å². The second-order valence-electron chi connectivity index (χ2n) is 4.44. The third kappa shape index (κ3) is 5.09. The number of hydrogen-bond donors (Lipinski definition) is 1. The molecule has 0 radical (unpaired) electrons. The van der Waals surface area contributed by atoms with Gasteiger partial charge in [0.25, 0.3) is 5.91 Å². The van der Waals surface area contributed by atoms with E-state index < -0.39 is 0 Å². The zero-order valence-corrected chi connectivity index (χ0v) is 13.4. The van der Waals surface area contributed by atoms with E-state index >= 15 is 0 Å². The first-order valence-corrected chi connectivity index (χ1v) is 7.45. The van der Waals surface area contributed by atoms with Crippen LogP contribution >= 0.6 is 23.2 Å². The minimum Gasteiger partial charge on any atom is -0.476 e. The Morgan fingerprint density at radius 1 is 1.30 bits per heavy atom. The summed E-state index contributed by atoms with van der Waals surface area (Å²) in [6.45, 7) is 0.746. The summed E-state index contributed by atoms with van der Waals surface area (Å²) in [5.74, 6) is 0.00249. The van der Waals surface area contributed by atoms with E-state index in [0.29, 0.717) is 30.7 Å². The molecule has 0 aliphatic carbocycles. The van der Waals surface area contributed by atoms with Crippen LogP contribution in [0.4, 0.5) is 0 Å². The maximum absolute atomic E-state index is 11.9. The van der Waals surface area contributed by atoms with E-state index in [1.165, 1.54) is 6.20 Å². The van der Waals surface area contributed by atoms with Crippen molar-refractivity contribution < 1.29 is 9.53 Å². The Bertz CT molecular complexity index is 729. The molecule has 0 bridgehead atoms. The van der Waals surface area contributed by atoms with Crippen LogP contribution in [0, 0.1) is 11.3 Å². The molecule has 8 heteroatoms. The number of nitriles is 1. The lowest BCUT2D eigenvalue weighted by Gasteiger charge is -2.08. The van der Waals surface area contributed by atoms with Gasteiger partial charge in [-0.3, -0.25) is 4.79 Å². The number of hydrogen-bond acceptors (Lipinski definition) is 5. The number of halogens is 2. The summed E-state index contributed by atoms with van der Waals surface area (Å²) < 4.78 is 5.38. The second kappa shape index (κ2) is 8.32. The SMILES string of the molecule is N#Cc1ccc(C(=O)NCCCOc2nc(Cl)ncc2Cl)cc1. The van der Waals surface area contributed by atoms with Gasteiger partial charge in [-0.25, -0.2) is 4.98 Å². The van der Waals surface area contributed by atoms with Crippen LogP contribution in [0.15, 0.2) is 30.5 Å². The molecule has 6 nitrogen and oxygen atoms in total. The van der Waals surface area contributed by atoms with Gasteiger partial charge in [0.2, 0.25) is 11.2 Å². The smallest absolute Gasteiger partial charge is 0.251 e. The number of nitrogens with zero attached hydrogens (tertiary/aromatic N) is 3. The molecule has 1 heterocycles. The molecule has 0 aliphatic heterocycles. The minimum absolute atomic E-state index is 0.0542. The van der Waals surface area contributed by atoms with Crippen molar-refractivity contribution in [3.8, 4) is 11.9 Å². The first-order valence-electron chi connectivity index (χ1n) is 6.69. The molecule has 23 heavy (non-hydrogen) atoms. The Labute approximate surface area is 143 Å². The van der Waals surface area contributed by atoms with Crippen molar-refractivity contribution in [2.75, 3.05) is 13.2 Å². The average Bonchev–Trinajstić information content (AvgIpc) is 2.57. The molecule has 0 unspecified atom stereocenters. The van der Waals surface area contributed by atoms with Gasteiger partial charge in [0, 0.05) is 12.1 Å². The quantitative estimate of drug-likeness (QED) is 0.639. The number of aromatic nitrogens is 2. The van der Waals surface area contributed by atoms with Crippen molar-refractivity contribution in [2.45, 2.75) is 6.42 Å². The Morgan fingerprint density at radius 2 is 2.04 bits per heavy atom. The molecule has 0 spiro atoms. The minimum atomic E-state index is -0.211. The molecule has 118 valence electrons. The summed E-state index contributed by atoms with van der Waals surface area (Å²) in [4.78, 5) is 19.5. The summed E-state index contributed by atoms with van der Waals surface area (Å²) in [5.41, 5.74) is 1.01. The topological polar surface area (TPSA) is 87.9 Å². The largest absolute Gasteiger partial charge is 0.476 e. The highest BCUT2D eigenvalue weighted by Crippen LogP contribution is 2.21. The van der Waals surface area contributed by atoms with E-state index in [1.54, 1.807) is 24.3 Å². The lowest BCUT2D eigenvalue weighted by Crippen LogP contribution is -2.25. The maximum atomic E-state index is 11.9. The van der Waals surface area contributed by atoms with Crippen LogP contribution in [-0.4, -0.2) is 29.0 Å². The normalized spacial score (nSPS) is 9.96. The van der Waals surface area contributed by atoms with Crippen molar-refractivity contribution in [2.24, 2.45) is 0 Å². The van der Waals surface area contributed by atoms with E-state index in [-0.39, 0.29) is 22.1 Å². The molecule has 1 aromatic heterocycles. The molecule has 1 amide bonds. The molecule has 2 aromatic rings. The maximum Gasteiger partial charge on any atom is 0.251 e. The first-order chi connectivity index (χ1) is 11.1. The van der Waals surface area contributed by atoms with Gasteiger partial charge < -0.3 is 10.1 Å². The van der Waals surface area contributed by atoms with Crippen LogP contribution in [0.3, 0.4) is 0 Å². The fourth-order valence-electron chi connectivity index (χ4n) is 1.67. The molecule has 0 fully saturated rings. The van der Waals surface area contributed by atoms with Gasteiger partial charge in [0.15, 0.2) is 0 Å². The molecule has 0 saturated carbocycles. The molecular weight excluding hydrogens is 339 g/mol. The highest BCUT2D eigenvalue weighted by molar-refractivity contribution is 6.32. The average molecular weight is 351 g/mol. The summed E-state index contributed by atoms with van der Waals surface area (Å²) in [5, 5.41) is 11.8. The predicted octanol–water partition coefficient (Wildman–Crippen LogP) is 2.85. The van der Waals surface area contributed by atoms with Crippen molar-refractivity contribution in [1.29, 1.82) is 5.26 Å². The van der Waals surface area contributed by atoms with Gasteiger partial charge >= 0.3 is 0 Å². The summed E-state index contributed by atoms with van der Waals surface area (Å²) in [6.07, 6.45) is 1.93. The molecule has 0 saturated heterocycles. The number of amides is 1. The van der Waals surface area contributed by atoms with Gasteiger partial charge in [-0.05, 0) is 42.3 Å². The fourth-order valence-corrected chi connectivity index (χ4v) is 1.94. The van der Waals surface area contributed by atoms with E-state index in [0.717, 1.165) is 0 Å². The highest BCUT2D eigenvalue weighted by Gasteiger charge is 2.07. The lowest BCUT2D eigenvalue weighted by molar-refractivity contribution is 0.0951. The zero-order valence-electron chi connectivity index (χ0n) is 11.9. The zero-order chi connectivity index (χ0) is 16.7. The highest BCUT2D eigenvalue weighted by atomic mass is 35.5. The summed E-state index contributed by atoms with van der Waals surface area (Å²) in [7, 11) is 0. The van der Waals surface area contributed by atoms with Crippen molar-refractivity contribution in [1.82, 2.24) is 15.3 Å². The summed E-state index contributed by atoms with van der Waals surface area (Å²) in [6, 6.07) is 8.40. The molecular formula is C15H12Cl2N4O2. The molecule has 1 N–H and O–H groups in total. The molecule has 1 aromatic carbocycles. The fraction of sp³-hybridized carbons (Fsp3) is 0.200. The Morgan fingerprint density at radius 3 is 2.74 bits per heavy atom. The van der Waals surface area contributed by atoms with Crippen LogP contribution in [0.25, 0.3) is 0 Å². The Hall–Kier alpha value is -2.36. The van der Waals surface area contributed by atoms with Crippen molar-refractivity contribution in [3.05, 3.63) is 51.9 Å². The van der Waals surface area contributed by atoms with Gasteiger partial charge in [0.05, 0.1) is 24.4 Å². The van der Waals surface area contributed by atoms with Crippen LogP contribution in [0.2, 0.25) is 10.3 Å². The Kier molecular flexibility index (Phi) is 6.15. The predicted molar refractivity (Wildman–Crippen MR) is 85.7 cm³/mol. The van der Waals surface area contributed by atoms with E-state index in [9.17, 15) is 4.79 Å². The van der Waals surface area contributed by atoms with Gasteiger partial charge in [-0.2, -0.15) is 10.2 Å². The van der Waals surface area contributed by atoms with Crippen molar-refractivity contribution >= 4 is 29.1 Å². The number of rotatable bonds is 6. The molecule has 2 rings (SSSR count). The number of nitrogens with one attached hydrogen (secondary N) is 1. The monoisotopic (exact) mass is 350 g/mol. The number of ether oxygens (including phenoxy) is 1. The number of carbonyl (C=O) groups is 1. The lowest BCUT2D eigenvalue weighted by atomic mass is 10.1. The van der Waals surface area contributed by atoms with Gasteiger partial charge in [-0.1, -0.05) is 11.6 Å². The molecule has 0 atom stereocenters. The molecule has 0 aliphatic rings. The van der Waals surface area contributed by atoms with Crippen LogP contribution in [0.5, 0.6) is 5.88 Å². The Balaban J connectivity index is 1.73. The third-order valence-electron chi connectivity index (χ3n) is 2.80. The van der Waals surface area contributed by atoms with Crippen LogP contribution in [0.1, 0.15) is 22.3 Å². The number of carbonyl (C=O) groups excluding carboxylic acids is 1. The van der Waals surface area contributed by atoms with Crippen molar-refractivity contribution in [3.63, 3.8) is 0 Å². The van der Waals surface area contributed by atoms with E-state index in [4.69, 9.17) is 33.2 Å². The van der Waals surface area contributed by atoms with Gasteiger partial charge in [-0.15, -0.1) is 0 Å². The third-order valence-corrected chi connectivity index (χ3v) is 3.25. The standard InChI is InChI=1S/C15H12Cl2N4O2/c16-12-9-20-15(17)21-14(12)23-7-1-6-19-13(22)11-4-2-10(8-18)3-5-11/h2-5,9H,1,6-7H2,(H,19,22). The first kappa shape index (κ1) is 17.0. The second-order valence-corrected chi connectivity index (χ2v) is 5.18. The van der Waals surface area contributed by atoms with E-state index in [2.05, 4.69) is 15.3 Å². The number of benzene rings is 1.